The molecule has 0 aliphatic rings. The van der Waals surface area contributed by atoms with Crippen LogP contribution in [0.1, 0.15) is 0 Å². The van der Waals surface area contributed by atoms with E-state index >= 15 is 0 Å². The monoisotopic (exact) mass is 351 g/mol. The highest BCUT2D eigenvalue weighted by atomic mass is 32.2. The van der Waals surface area contributed by atoms with E-state index in [0.29, 0.717) is 9.47 Å². The number of amides is 2. The average molecular weight is 351 g/mol. The van der Waals surface area contributed by atoms with Crippen molar-refractivity contribution in [1.29, 1.82) is 0 Å². The Morgan fingerprint density at radius 2 is 2.00 bits per heavy atom. The number of carbonyl (C=O) groups is 2. The summed E-state index contributed by atoms with van der Waals surface area (Å²) in [5, 5.41) is 14.4. The molecule has 2 aromatic rings. The Hall–Kier alpha value is -2.13. The number of para-hydroxylation sites is 1. The summed E-state index contributed by atoms with van der Waals surface area (Å²) in [4.78, 5) is 24.6. The molecule has 0 saturated carbocycles. The topological polar surface area (TPSA) is 87.2 Å². The van der Waals surface area contributed by atoms with E-state index in [2.05, 4.69) is 20.8 Å². The fourth-order valence-corrected chi connectivity index (χ4v) is 3.29. The Bertz CT molecular complexity index is 662. The number of hydrogen-bond donors (Lipinski definition) is 2. The number of anilines is 2. The van der Waals surface area contributed by atoms with E-state index in [0.717, 1.165) is 5.69 Å². The number of likely N-dealkylation sites (N-methyl/N-ethyl adjacent to an activating group) is 2. The van der Waals surface area contributed by atoms with Crippen LogP contribution in [-0.2, 0) is 9.59 Å². The third-order valence-corrected chi connectivity index (χ3v) is 4.79. The summed E-state index contributed by atoms with van der Waals surface area (Å²) >= 11 is 2.68. The SMILES string of the molecule is CNC(=O)CN(C)C(=O)CSc1nnc(Nc2ccccc2)s1. The summed E-state index contributed by atoms with van der Waals surface area (Å²) in [5.41, 5.74) is 0.932. The molecule has 0 saturated heterocycles. The molecule has 1 heterocycles. The molecule has 0 radical (unpaired) electrons. The standard InChI is InChI=1S/C14H17N5O2S2/c1-15-11(20)8-19(2)12(21)9-22-14-18-17-13(23-14)16-10-6-4-3-5-7-10/h3-7H,8-9H2,1-2H3,(H,15,20)(H,16,17). The molecule has 1 aromatic heterocycles. The number of rotatable bonds is 7. The number of nitrogens with zero attached hydrogens (tertiary/aromatic N) is 3. The van der Waals surface area contributed by atoms with Crippen molar-refractivity contribution < 1.29 is 9.59 Å². The summed E-state index contributed by atoms with van der Waals surface area (Å²) in [6.07, 6.45) is 0. The highest BCUT2D eigenvalue weighted by molar-refractivity contribution is 8.01. The summed E-state index contributed by atoms with van der Waals surface area (Å²) < 4.78 is 0.699. The second kappa shape index (κ2) is 8.49. The van der Waals surface area contributed by atoms with Crippen LogP contribution in [0.25, 0.3) is 0 Å². The smallest absolute Gasteiger partial charge is 0.239 e. The van der Waals surface area contributed by atoms with E-state index in [1.807, 2.05) is 30.3 Å². The number of thioether (sulfide) groups is 1. The molecule has 0 bridgehead atoms. The van der Waals surface area contributed by atoms with Gasteiger partial charge in [0.05, 0.1) is 12.3 Å². The van der Waals surface area contributed by atoms with Crippen molar-refractivity contribution in [1.82, 2.24) is 20.4 Å². The maximum Gasteiger partial charge on any atom is 0.239 e. The normalized spacial score (nSPS) is 10.2. The van der Waals surface area contributed by atoms with E-state index in [1.165, 1.54) is 35.0 Å². The van der Waals surface area contributed by atoms with Crippen LogP contribution in [0, 0.1) is 0 Å². The van der Waals surface area contributed by atoms with Gasteiger partial charge in [0, 0.05) is 19.8 Å². The predicted octanol–water partition coefficient (Wildman–Crippen LogP) is 1.58. The van der Waals surface area contributed by atoms with Gasteiger partial charge in [0.2, 0.25) is 16.9 Å². The number of hydrogen-bond acceptors (Lipinski definition) is 7. The molecule has 2 N–H and O–H groups in total. The van der Waals surface area contributed by atoms with Gasteiger partial charge in [-0.1, -0.05) is 41.3 Å². The zero-order valence-corrected chi connectivity index (χ0v) is 14.4. The van der Waals surface area contributed by atoms with Gasteiger partial charge in [-0.15, -0.1) is 10.2 Å². The summed E-state index contributed by atoms with van der Waals surface area (Å²) in [6, 6.07) is 9.67. The first-order valence-electron chi connectivity index (χ1n) is 6.81. The zero-order chi connectivity index (χ0) is 16.7. The van der Waals surface area contributed by atoms with E-state index in [-0.39, 0.29) is 24.1 Å². The van der Waals surface area contributed by atoms with Crippen molar-refractivity contribution in [3.63, 3.8) is 0 Å². The molecule has 0 unspecified atom stereocenters. The van der Waals surface area contributed by atoms with Crippen LogP contribution >= 0.6 is 23.1 Å². The average Bonchev–Trinajstić information content (AvgIpc) is 3.00. The van der Waals surface area contributed by atoms with Gasteiger partial charge >= 0.3 is 0 Å². The van der Waals surface area contributed by atoms with Crippen molar-refractivity contribution in [2.24, 2.45) is 0 Å². The lowest BCUT2D eigenvalue weighted by Crippen LogP contribution is -2.37. The molecule has 2 rings (SSSR count). The fourth-order valence-electron chi connectivity index (χ4n) is 1.58. The van der Waals surface area contributed by atoms with Crippen LogP contribution in [0.3, 0.4) is 0 Å². The fraction of sp³-hybridized carbons (Fsp3) is 0.286. The molecule has 0 atom stereocenters. The van der Waals surface area contributed by atoms with Crippen molar-refractivity contribution in [3.05, 3.63) is 30.3 Å². The molecule has 7 nitrogen and oxygen atoms in total. The Morgan fingerprint density at radius 3 is 2.70 bits per heavy atom. The van der Waals surface area contributed by atoms with Crippen LogP contribution in [-0.4, -0.2) is 53.3 Å². The van der Waals surface area contributed by atoms with Crippen molar-refractivity contribution in [3.8, 4) is 0 Å². The lowest BCUT2D eigenvalue weighted by molar-refractivity contribution is -0.132. The maximum absolute atomic E-state index is 11.9. The Labute approximate surface area is 142 Å². The molecule has 9 heteroatoms. The molecule has 1 aromatic carbocycles. The molecule has 122 valence electrons. The highest BCUT2D eigenvalue weighted by Gasteiger charge is 2.14. The molecular weight excluding hydrogens is 334 g/mol. The Balaban J connectivity index is 1.82. The van der Waals surface area contributed by atoms with Gasteiger partial charge in [-0.2, -0.15) is 0 Å². The maximum atomic E-state index is 11.9. The van der Waals surface area contributed by atoms with E-state index in [4.69, 9.17) is 0 Å². The predicted molar refractivity (Wildman–Crippen MR) is 92.1 cm³/mol. The first-order valence-corrected chi connectivity index (χ1v) is 8.61. The molecule has 23 heavy (non-hydrogen) atoms. The van der Waals surface area contributed by atoms with Crippen LogP contribution in [0.5, 0.6) is 0 Å². The van der Waals surface area contributed by atoms with E-state index < -0.39 is 0 Å². The van der Waals surface area contributed by atoms with Gasteiger partial charge in [-0.05, 0) is 12.1 Å². The lowest BCUT2D eigenvalue weighted by atomic mass is 10.3. The number of nitrogens with one attached hydrogen (secondary N) is 2. The van der Waals surface area contributed by atoms with E-state index in [9.17, 15) is 9.59 Å². The molecule has 0 fully saturated rings. The van der Waals surface area contributed by atoms with Crippen molar-refractivity contribution in [2.45, 2.75) is 4.34 Å². The second-order valence-electron chi connectivity index (χ2n) is 4.58. The summed E-state index contributed by atoms with van der Waals surface area (Å²) in [7, 11) is 3.14. The minimum Gasteiger partial charge on any atom is -0.358 e. The van der Waals surface area contributed by atoms with Gasteiger partial charge in [-0.3, -0.25) is 9.59 Å². The van der Waals surface area contributed by atoms with Crippen LogP contribution in [0.4, 0.5) is 10.8 Å². The first kappa shape index (κ1) is 17.2. The van der Waals surface area contributed by atoms with Crippen LogP contribution in [0.15, 0.2) is 34.7 Å². The second-order valence-corrected chi connectivity index (χ2v) is 6.78. The van der Waals surface area contributed by atoms with Gasteiger partial charge in [-0.25, -0.2) is 0 Å². The van der Waals surface area contributed by atoms with Crippen molar-refractivity contribution >= 4 is 45.7 Å². The minimum absolute atomic E-state index is 0.0484. The van der Waals surface area contributed by atoms with Gasteiger partial charge < -0.3 is 15.5 Å². The Morgan fingerprint density at radius 1 is 1.26 bits per heavy atom. The third-order valence-electron chi connectivity index (χ3n) is 2.84. The van der Waals surface area contributed by atoms with Crippen LogP contribution < -0.4 is 10.6 Å². The van der Waals surface area contributed by atoms with Gasteiger partial charge in [0.1, 0.15) is 0 Å². The zero-order valence-electron chi connectivity index (χ0n) is 12.8. The largest absolute Gasteiger partial charge is 0.358 e. The van der Waals surface area contributed by atoms with Gasteiger partial charge in [0.25, 0.3) is 0 Å². The summed E-state index contributed by atoms with van der Waals surface area (Å²) in [5.74, 6) is -0.115. The number of carbonyl (C=O) groups excluding carboxylic acids is 2. The lowest BCUT2D eigenvalue weighted by Gasteiger charge is -2.15. The Kier molecular flexibility index (Phi) is 6.36. The van der Waals surface area contributed by atoms with Crippen LogP contribution in [0.2, 0.25) is 0 Å². The summed E-state index contributed by atoms with van der Waals surface area (Å²) in [6.45, 7) is 0.0484. The van der Waals surface area contributed by atoms with E-state index in [1.54, 1.807) is 7.05 Å². The molecular formula is C14H17N5O2S2. The van der Waals surface area contributed by atoms with Gasteiger partial charge in [0.15, 0.2) is 4.34 Å². The highest BCUT2D eigenvalue weighted by Crippen LogP contribution is 2.27. The molecule has 0 spiro atoms. The molecule has 2 amide bonds. The number of aromatic nitrogens is 2. The van der Waals surface area contributed by atoms with Crippen molar-refractivity contribution in [2.75, 3.05) is 31.7 Å². The molecule has 0 aliphatic heterocycles. The molecule has 0 aliphatic carbocycles. The quantitative estimate of drug-likeness (QED) is 0.737. The first-order chi connectivity index (χ1) is 11.1. The minimum atomic E-state index is -0.198. The third kappa shape index (κ3) is 5.53. The number of benzene rings is 1.